The fourth-order valence-corrected chi connectivity index (χ4v) is 3.25. The molecule has 10 heteroatoms. The summed E-state index contributed by atoms with van der Waals surface area (Å²) < 4.78 is 26.6. The summed E-state index contributed by atoms with van der Waals surface area (Å²) in [4.78, 5) is 10.4. The summed E-state index contributed by atoms with van der Waals surface area (Å²) in [5, 5.41) is 17.9. The van der Waals surface area contributed by atoms with Crippen molar-refractivity contribution in [2.24, 2.45) is 5.10 Å². The Bertz CT molecular complexity index is 759. The number of carbonyl (C=O) groups is 1. The van der Waals surface area contributed by atoms with Gasteiger partial charge in [-0.05, 0) is 63.5 Å². The second-order valence-electron chi connectivity index (χ2n) is 5.83. The average molecular weight is 400 g/mol. The summed E-state index contributed by atoms with van der Waals surface area (Å²) in [5.41, 5.74) is 4.10. The normalized spacial score (nSPS) is 12.1. The van der Waals surface area contributed by atoms with Crippen LogP contribution in [0.1, 0.15) is 39.2 Å². The maximum atomic E-state index is 12.1. The predicted octanol–water partition coefficient (Wildman–Crippen LogP) is 0.0915. The summed E-state index contributed by atoms with van der Waals surface area (Å²) in [5.74, 6) is -1.21. The number of carboxylic acids is 1. The van der Waals surface area contributed by atoms with E-state index in [4.69, 9.17) is 12.2 Å². The number of nitrogens with zero attached hydrogens (tertiary/aromatic N) is 1. The van der Waals surface area contributed by atoms with Crippen molar-refractivity contribution in [3.8, 4) is 0 Å². The summed E-state index contributed by atoms with van der Waals surface area (Å²) in [7, 11) is -3.69. The number of hydrazone groups is 1. The number of thiocarbonyl (C=S) groups is 1. The predicted molar refractivity (Wildman–Crippen MR) is 102 cm³/mol. The lowest BCUT2D eigenvalue weighted by Gasteiger charge is -2.11. The van der Waals surface area contributed by atoms with Gasteiger partial charge in [0, 0.05) is 18.6 Å². The van der Waals surface area contributed by atoms with Crippen LogP contribution in [0.5, 0.6) is 0 Å². The number of benzene rings is 1. The lowest BCUT2D eigenvalue weighted by molar-refractivity contribution is -0.305. The second-order valence-corrected chi connectivity index (χ2v) is 8.01. The molecule has 0 aliphatic carbocycles. The van der Waals surface area contributed by atoms with Crippen molar-refractivity contribution in [2.75, 3.05) is 6.54 Å². The number of nitrogens with one attached hydrogen (secondary N) is 3. The minimum atomic E-state index is -3.69. The molecule has 0 unspecified atom stereocenters. The number of carbonyl (C=O) groups excluding carboxylic acids is 1. The molecular formula is C16H23N4O4S2-. The highest BCUT2D eigenvalue weighted by molar-refractivity contribution is 7.89. The molecule has 0 amide bonds. The van der Waals surface area contributed by atoms with Crippen LogP contribution in [0.3, 0.4) is 0 Å². The summed E-state index contributed by atoms with van der Waals surface area (Å²) in [6, 6.07) is 6.37. The van der Waals surface area contributed by atoms with Gasteiger partial charge < -0.3 is 15.2 Å². The van der Waals surface area contributed by atoms with E-state index in [9.17, 15) is 18.3 Å². The Morgan fingerprint density at radius 1 is 1.27 bits per heavy atom. The van der Waals surface area contributed by atoms with Gasteiger partial charge in [-0.25, -0.2) is 13.1 Å². The van der Waals surface area contributed by atoms with Gasteiger partial charge in [0.2, 0.25) is 10.0 Å². The Hall–Kier alpha value is -2.04. The van der Waals surface area contributed by atoms with Gasteiger partial charge in [-0.1, -0.05) is 12.1 Å². The van der Waals surface area contributed by atoms with Crippen molar-refractivity contribution < 1.29 is 18.3 Å². The van der Waals surface area contributed by atoms with Crippen LogP contribution in [-0.4, -0.2) is 37.8 Å². The van der Waals surface area contributed by atoms with E-state index >= 15 is 0 Å². The fraction of sp³-hybridized carbons (Fsp3) is 0.438. The van der Waals surface area contributed by atoms with Crippen molar-refractivity contribution >= 4 is 39.0 Å². The summed E-state index contributed by atoms with van der Waals surface area (Å²) in [6.45, 7) is 5.71. The molecule has 1 aromatic rings. The first kappa shape index (κ1) is 22.0. The van der Waals surface area contributed by atoms with E-state index in [0.717, 1.165) is 5.56 Å². The molecule has 0 radical (unpaired) electrons. The highest BCUT2D eigenvalue weighted by Gasteiger charge is 2.13. The van der Waals surface area contributed by atoms with Gasteiger partial charge in [0.05, 0.1) is 10.6 Å². The quantitative estimate of drug-likeness (QED) is 0.233. The molecule has 1 aromatic carbocycles. The first-order chi connectivity index (χ1) is 12.1. The maximum absolute atomic E-state index is 12.1. The van der Waals surface area contributed by atoms with Gasteiger partial charge in [0.1, 0.15) is 0 Å². The number of hydrogen-bond acceptors (Lipinski definition) is 6. The molecule has 144 valence electrons. The molecule has 0 bridgehead atoms. The van der Waals surface area contributed by atoms with E-state index in [1.54, 1.807) is 19.1 Å². The van der Waals surface area contributed by atoms with Crippen molar-refractivity contribution in [3.05, 3.63) is 29.8 Å². The van der Waals surface area contributed by atoms with E-state index in [-0.39, 0.29) is 30.3 Å². The largest absolute Gasteiger partial charge is 0.550 e. The highest BCUT2D eigenvalue weighted by atomic mass is 32.2. The molecule has 3 N–H and O–H groups in total. The third-order valence-electron chi connectivity index (χ3n) is 3.18. The van der Waals surface area contributed by atoms with Gasteiger partial charge in [-0.3, -0.25) is 5.43 Å². The highest BCUT2D eigenvalue weighted by Crippen LogP contribution is 2.11. The maximum Gasteiger partial charge on any atom is 0.240 e. The number of sulfonamides is 1. The molecule has 0 aliphatic rings. The van der Waals surface area contributed by atoms with Crippen molar-refractivity contribution in [2.45, 2.75) is 44.6 Å². The van der Waals surface area contributed by atoms with Crippen molar-refractivity contribution in [3.63, 3.8) is 0 Å². The Balaban J connectivity index is 2.69. The van der Waals surface area contributed by atoms with E-state index in [2.05, 4.69) is 20.6 Å². The second kappa shape index (κ2) is 10.2. The molecule has 0 spiro atoms. The van der Waals surface area contributed by atoms with Gasteiger partial charge >= 0.3 is 0 Å². The smallest absolute Gasteiger partial charge is 0.240 e. The van der Waals surface area contributed by atoms with Crippen LogP contribution in [0.25, 0.3) is 0 Å². The monoisotopic (exact) mass is 399 g/mol. The molecule has 0 heterocycles. The Kier molecular flexibility index (Phi) is 8.62. The molecule has 0 aromatic heterocycles. The third kappa shape index (κ3) is 7.89. The van der Waals surface area contributed by atoms with Crippen LogP contribution in [0.15, 0.2) is 34.3 Å². The number of hydrogen-bond donors (Lipinski definition) is 3. The molecule has 8 nitrogen and oxygen atoms in total. The Morgan fingerprint density at radius 3 is 2.42 bits per heavy atom. The molecule has 26 heavy (non-hydrogen) atoms. The molecule has 0 fully saturated rings. The van der Waals surface area contributed by atoms with Crippen LogP contribution >= 0.6 is 12.2 Å². The molecule has 1 rings (SSSR count). The summed E-state index contributed by atoms with van der Waals surface area (Å²) >= 11 is 5.08. The topological polar surface area (TPSA) is 123 Å². The molecule has 0 atom stereocenters. The average Bonchev–Trinajstić information content (AvgIpc) is 2.56. The molecule has 0 aliphatic heterocycles. The van der Waals surface area contributed by atoms with Gasteiger partial charge in [0.15, 0.2) is 5.11 Å². The van der Waals surface area contributed by atoms with E-state index in [0.29, 0.717) is 10.8 Å². The lowest BCUT2D eigenvalue weighted by Crippen LogP contribution is -2.37. The van der Waals surface area contributed by atoms with E-state index in [1.165, 1.54) is 12.1 Å². The van der Waals surface area contributed by atoms with Gasteiger partial charge in [-0.15, -0.1) is 0 Å². The van der Waals surface area contributed by atoms with Crippen molar-refractivity contribution in [1.82, 2.24) is 15.5 Å². The van der Waals surface area contributed by atoms with Crippen LogP contribution in [0.2, 0.25) is 0 Å². The first-order valence-corrected chi connectivity index (χ1v) is 9.91. The fourth-order valence-electron chi connectivity index (χ4n) is 1.89. The zero-order valence-electron chi connectivity index (χ0n) is 14.9. The van der Waals surface area contributed by atoms with Gasteiger partial charge in [0.25, 0.3) is 0 Å². The number of carboxylic acid groups (broad SMARTS) is 1. The number of rotatable bonds is 9. The zero-order chi connectivity index (χ0) is 19.7. The van der Waals surface area contributed by atoms with E-state index in [1.807, 2.05) is 13.8 Å². The molecular weight excluding hydrogens is 376 g/mol. The third-order valence-corrected chi connectivity index (χ3v) is 4.86. The minimum absolute atomic E-state index is 0.0305. The zero-order valence-corrected chi connectivity index (χ0v) is 16.5. The number of aliphatic carboxylic acids is 1. The Labute approximate surface area is 159 Å². The van der Waals surface area contributed by atoms with Gasteiger partial charge in [-0.2, -0.15) is 5.10 Å². The van der Waals surface area contributed by atoms with Crippen LogP contribution in [0, 0.1) is 0 Å². The minimum Gasteiger partial charge on any atom is -0.550 e. The molecule has 0 saturated heterocycles. The first-order valence-electron chi connectivity index (χ1n) is 8.02. The lowest BCUT2D eigenvalue weighted by atomic mass is 10.1. The van der Waals surface area contributed by atoms with Crippen LogP contribution in [-0.2, 0) is 14.8 Å². The van der Waals surface area contributed by atoms with Crippen LogP contribution < -0.4 is 20.6 Å². The standard InChI is InChI=1S/C16H24N4O4S2/c1-11(2)18-16(25)20-19-12(3)13-6-8-14(9-7-13)26(23,24)17-10-4-5-15(21)22/h6-9,11,17H,4-5,10H2,1-3H3,(H,21,22)(H2,18,20,25)/p-1/b19-12-. The van der Waals surface area contributed by atoms with E-state index < -0.39 is 16.0 Å². The van der Waals surface area contributed by atoms with Crippen LogP contribution in [0.4, 0.5) is 0 Å². The summed E-state index contributed by atoms with van der Waals surface area (Å²) in [6.07, 6.45) is -0.0287. The van der Waals surface area contributed by atoms with Crippen molar-refractivity contribution in [1.29, 1.82) is 0 Å². The molecule has 0 saturated carbocycles. The Morgan fingerprint density at radius 2 is 1.88 bits per heavy atom. The SMILES string of the molecule is C/C(=N/NC(=S)NC(C)C)c1ccc(S(=O)(=O)NCCCC(=O)[O-])cc1.